The van der Waals surface area contributed by atoms with Crippen LogP contribution in [0.1, 0.15) is 0 Å². The smallest absolute Gasteiger partial charge is 0.253 e. The fourth-order valence-electron chi connectivity index (χ4n) is 3.45. The maximum atomic E-state index is 12.0. The van der Waals surface area contributed by atoms with Crippen LogP contribution >= 0.6 is 0 Å². The molecule has 2 heterocycles. The Hall–Kier alpha value is -4.85. The zero-order chi connectivity index (χ0) is 23.3. The van der Waals surface area contributed by atoms with Gasteiger partial charge in [-0.3, -0.25) is 9.69 Å². The Morgan fingerprint density at radius 2 is 1.59 bits per heavy atom. The van der Waals surface area contributed by atoms with Gasteiger partial charge in [0, 0.05) is 17.4 Å². The monoisotopic (exact) mass is 451 g/mol. The number of fused-ring (bicyclic) bond motifs is 1. The fourth-order valence-corrected chi connectivity index (χ4v) is 3.45. The molecule has 4 aromatic rings. The topological polar surface area (TPSA) is 88.6 Å². The molecule has 3 aromatic carbocycles. The van der Waals surface area contributed by atoms with Crippen LogP contribution in [0, 0.1) is 0 Å². The van der Waals surface area contributed by atoms with Crippen LogP contribution in [0.2, 0.25) is 0 Å². The van der Waals surface area contributed by atoms with E-state index in [1.807, 2.05) is 72.8 Å². The summed E-state index contributed by atoms with van der Waals surface area (Å²) in [5, 5.41) is 6.51. The first-order valence-corrected chi connectivity index (χ1v) is 10.6. The highest BCUT2D eigenvalue weighted by Gasteiger charge is 2.24. The second-order valence-electron chi connectivity index (χ2n) is 7.40. The van der Waals surface area contributed by atoms with Crippen molar-refractivity contribution in [1.29, 1.82) is 0 Å². The molecule has 0 saturated heterocycles. The molecule has 0 aliphatic carbocycles. The fraction of sp³-hybridized carbons (Fsp3) is 0.0385. The number of benzene rings is 3. The molecule has 0 saturated carbocycles. The number of rotatable bonds is 7. The van der Waals surface area contributed by atoms with Gasteiger partial charge in [0.25, 0.3) is 5.91 Å². The van der Waals surface area contributed by atoms with Gasteiger partial charge in [0.15, 0.2) is 6.73 Å². The summed E-state index contributed by atoms with van der Waals surface area (Å²) in [6.45, 7) is 3.71. The summed E-state index contributed by atoms with van der Waals surface area (Å²) >= 11 is 0. The number of anilines is 5. The average Bonchev–Trinajstić information content (AvgIpc) is 3.29. The lowest BCUT2D eigenvalue weighted by atomic mass is 10.2. The summed E-state index contributed by atoms with van der Waals surface area (Å²) in [5.41, 5.74) is 2.30. The van der Waals surface area contributed by atoms with Crippen LogP contribution in [0.25, 0.3) is 0 Å². The van der Waals surface area contributed by atoms with E-state index in [4.69, 9.17) is 9.47 Å². The Morgan fingerprint density at radius 1 is 0.912 bits per heavy atom. The molecule has 1 aliphatic rings. The number of para-hydroxylation sites is 1. The second kappa shape index (κ2) is 9.33. The van der Waals surface area contributed by atoms with E-state index in [-0.39, 0.29) is 12.6 Å². The van der Waals surface area contributed by atoms with E-state index in [0.717, 1.165) is 22.9 Å². The first kappa shape index (κ1) is 21.0. The number of amides is 1. The first-order valence-electron chi connectivity index (χ1n) is 10.6. The summed E-state index contributed by atoms with van der Waals surface area (Å²) < 4.78 is 11.4. The van der Waals surface area contributed by atoms with Crippen molar-refractivity contribution in [3.63, 3.8) is 0 Å². The zero-order valence-corrected chi connectivity index (χ0v) is 18.1. The van der Waals surface area contributed by atoms with Gasteiger partial charge in [-0.05, 0) is 60.7 Å². The van der Waals surface area contributed by atoms with Gasteiger partial charge in [-0.25, -0.2) is 9.97 Å². The Kier molecular flexibility index (Phi) is 5.77. The van der Waals surface area contributed by atoms with Crippen LogP contribution in [0.15, 0.2) is 97.8 Å². The van der Waals surface area contributed by atoms with Gasteiger partial charge < -0.3 is 20.1 Å². The van der Waals surface area contributed by atoms with Gasteiger partial charge in [0.05, 0.1) is 5.69 Å². The van der Waals surface area contributed by atoms with Crippen molar-refractivity contribution in [1.82, 2.24) is 9.97 Å². The molecule has 0 unspecified atom stereocenters. The molecule has 34 heavy (non-hydrogen) atoms. The first-order chi connectivity index (χ1) is 16.7. The number of hydrogen-bond donors (Lipinski definition) is 2. The Bertz CT molecular complexity index is 1330. The molecule has 1 amide bonds. The van der Waals surface area contributed by atoms with Gasteiger partial charge >= 0.3 is 0 Å². The lowest BCUT2D eigenvalue weighted by Gasteiger charge is -2.13. The Balaban J connectivity index is 1.26. The van der Waals surface area contributed by atoms with Gasteiger partial charge in [0.2, 0.25) is 0 Å². The molecule has 5 rings (SSSR count). The number of hydrogen-bond acceptors (Lipinski definition) is 7. The molecule has 168 valence electrons. The van der Waals surface area contributed by atoms with Crippen LogP contribution in [0.3, 0.4) is 0 Å². The van der Waals surface area contributed by atoms with Crippen molar-refractivity contribution in [2.24, 2.45) is 0 Å². The third-order valence-corrected chi connectivity index (χ3v) is 5.08. The van der Waals surface area contributed by atoms with E-state index in [1.54, 1.807) is 6.07 Å². The summed E-state index contributed by atoms with van der Waals surface area (Å²) in [5.74, 6) is 3.18. The molecular weight excluding hydrogens is 430 g/mol. The van der Waals surface area contributed by atoms with Crippen molar-refractivity contribution in [3.8, 4) is 17.2 Å². The van der Waals surface area contributed by atoms with Crippen molar-refractivity contribution in [2.75, 3.05) is 22.3 Å². The van der Waals surface area contributed by atoms with E-state index in [9.17, 15) is 4.79 Å². The quantitative estimate of drug-likeness (QED) is 0.352. The Morgan fingerprint density at radius 3 is 2.32 bits per heavy atom. The van der Waals surface area contributed by atoms with Gasteiger partial charge in [-0.1, -0.05) is 24.8 Å². The van der Waals surface area contributed by atoms with Crippen molar-refractivity contribution >= 4 is 34.6 Å². The predicted octanol–water partition coefficient (Wildman–Crippen LogP) is 5.63. The minimum atomic E-state index is -0.218. The number of carbonyl (C=O) groups is 1. The maximum absolute atomic E-state index is 12.0. The van der Waals surface area contributed by atoms with Crippen LogP contribution in [-0.4, -0.2) is 22.6 Å². The number of nitrogens with one attached hydrogen (secondary N) is 2. The summed E-state index contributed by atoms with van der Waals surface area (Å²) in [6, 6.07) is 24.5. The molecule has 0 spiro atoms. The summed E-state index contributed by atoms with van der Waals surface area (Å²) in [7, 11) is 0. The van der Waals surface area contributed by atoms with E-state index in [0.29, 0.717) is 23.1 Å². The lowest BCUT2D eigenvalue weighted by molar-refractivity contribution is -0.114. The average molecular weight is 451 g/mol. The molecule has 2 N–H and O–H groups in total. The van der Waals surface area contributed by atoms with E-state index in [2.05, 4.69) is 27.2 Å². The third kappa shape index (κ3) is 4.66. The third-order valence-electron chi connectivity index (χ3n) is 5.08. The molecule has 0 radical (unpaired) electrons. The largest absolute Gasteiger partial charge is 0.470 e. The van der Waals surface area contributed by atoms with E-state index < -0.39 is 0 Å². The van der Waals surface area contributed by atoms with Crippen LogP contribution in [0.4, 0.5) is 28.7 Å². The highest BCUT2D eigenvalue weighted by molar-refractivity contribution is 6.03. The van der Waals surface area contributed by atoms with Crippen LogP contribution in [0.5, 0.6) is 17.2 Å². The molecule has 0 bridgehead atoms. The summed E-state index contributed by atoms with van der Waals surface area (Å²) in [6.07, 6.45) is 2.74. The van der Waals surface area contributed by atoms with Gasteiger partial charge in [-0.2, -0.15) is 0 Å². The van der Waals surface area contributed by atoms with E-state index in [1.165, 1.54) is 17.3 Å². The second-order valence-corrected chi connectivity index (χ2v) is 7.40. The minimum absolute atomic E-state index is 0.167. The van der Waals surface area contributed by atoms with Crippen molar-refractivity contribution in [3.05, 3.63) is 97.8 Å². The number of ether oxygens (including phenoxy) is 2. The van der Waals surface area contributed by atoms with Crippen molar-refractivity contribution < 1.29 is 14.3 Å². The summed E-state index contributed by atoms with van der Waals surface area (Å²) in [4.78, 5) is 22.2. The SMILES string of the molecule is C=CC(=O)N1COc2ccc(Nc3cc(Nc4ccc(Oc5ccccc5)cc4)ncn3)cc21. The normalized spacial score (nSPS) is 11.8. The highest BCUT2D eigenvalue weighted by atomic mass is 16.5. The number of carbonyl (C=O) groups excluding carboxylic acids is 1. The van der Waals surface area contributed by atoms with Gasteiger partial charge in [0.1, 0.15) is 35.2 Å². The number of aromatic nitrogens is 2. The Labute approximate surface area is 196 Å². The predicted molar refractivity (Wildman–Crippen MR) is 131 cm³/mol. The lowest BCUT2D eigenvalue weighted by Crippen LogP contribution is -2.27. The zero-order valence-electron chi connectivity index (χ0n) is 18.1. The van der Waals surface area contributed by atoms with E-state index >= 15 is 0 Å². The standard InChI is InChI=1S/C26H21N5O3/c1-2-26(32)31-17-33-23-13-10-19(14-22(23)31)30-25-15-24(27-16-28-25)29-18-8-11-21(12-9-18)34-20-6-4-3-5-7-20/h2-16H,1,17H2,(H2,27,28,29,30). The number of nitrogens with zero attached hydrogens (tertiary/aromatic N) is 3. The van der Waals surface area contributed by atoms with Crippen LogP contribution < -0.4 is 25.0 Å². The minimum Gasteiger partial charge on any atom is -0.470 e. The van der Waals surface area contributed by atoms with Gasteiger partial charge in [-0.15, -0.1) is 0 Å². The van der Waals surface area contributed by atoms with Crippen molar-refractivity contribution in [2.45, 2.75) is 0 Å². The molecule has 0 atom stereocenters. The molecule has 0 fully saturated rings. The molecule has 8 nitrogen and oxygen atoms in total. The van der Waals surface area contributed by atoms with Crippen LogP contribution in [-0.2, 0) is 4.79 Å². The molecule has 1 aliphatic heterocycles. The maximum Gasteiger partial charge on any atom is 0.253 e. The highest BCUT2D eigenvalue weighted by Crippen LogP contribution is 2.37. The molecule has 1 aromatic heterocycles. The molecular formula is C26H21N5O3. The molecule has 8 heteroatoms.